The summed E-state index contributed by atoms with van der Waals surface area (Å²) in [5.41, 5.74) is 0.991. The first-order valence-electron chi connectivity index (χ1n) is 12.3. The Morgan fingerprint density at radius 2 is 1.82 bits per heavy atom. The number of nitrogens with one attached hydrogen (secondary N) is 2. The third kappa shape index (κ3) is 8.42. The highest BCUT2D eigenvalue weighted by atomic mass is 127. The molecule has 0 unspecified atom stereocenters. The smallest absolute Gasteiger partial charge is 0.225 e. The molecule has 0 atom stereocenters. The normalized spacial score (nSPS) is 19.0. The zero-order valence-corrected chi connectivity index (χ0v) is 23.4. The van der Waals surface area contributed by atoms with Crippen molar-refractivity contribution in [1.29, 1.82) is 0 Å². The van der Waals surface area contributed by atoms with E-state index in [1.165, 1.54) is 0 Å². The van der Waals surface area contributed by atoms with Gasteiger partial charge in [0.1, 0.15) is 5.76 Å². The molecule has 1 amide bonds. The number of hydrogen-bond donors (Lipinski definition) is 2. The van der Waals surface area contributed by atoms with E-state index >= 15 is 0 Å². The second-order valence-electron chi connectivity index (χ2n) is 9.59. The molecule has 0 spiro atoms. The van der Waals surface area contributed by atoms with E-state index in [1.54, 1.807) is 0 Å². The first kappa shape index (κ1) is 27.9. The molecule has 8 nitrogen and oxygen atoms in total. The standard InChI is InChI=1S/C24H42N6O2.HI/c1-6-25-24(28-21-9-13-30(14-10-21)23(31)17(2)3)26-15-20-7-11-29(12-8-20)16-22-27-18(4)19(5)32-22;/h17,20-21H,6-16H2,1-5H3,(H2,25,26,28);1H. The van der Waals surface area contributed by atoms with Crippen molar-refractivity contribution < 1.29 is 9.21 Å². The van der Waals surface area contributed by atoms with Gasteiger partial charge in [0.2, 0.25) is 11.8 Å². The number of carbonyl (C=O) groups is 1. The van der Waals surface area contributed by atoms with Crippen LogP contribution < -0.4 is 10.6 Å². The fourth-order valence-electron chi connectivity index (χ4n) is 4.47. The number of aliphatic imine (C=N–C) groups is 1. The monoisotopic (exact) mass is 574 g/mol. The van der Waals surface area contributed by atoms with E-state index in [0.717, 1.165) is 94.8 Å². The molecular weight excluding hydrogens is 531 g/mol. The number of nitrogens with zero attached hydrogens (tertiary/aromatic N) is 4. The van der Waals surface area contributed by atoms with E-state index in [9.17, 15) is 4.79 Å². The van der Waals surface area contributed by atoms with Crippen molar-refractivity contribution in [3.05, 3.63) is 17.3 Å². The van der Waals surface area contributed by atoms with Crippen molar-refractivity contribution in [3.8, 4) is 0 Å². The number of amides is 1. The van der Waals surface area contributed by atoms with Gasteiger partial charge in [0.25, 0.3) is 0 Å². The Labute approximate surface area is 216 Å². The molecule has 3 heterocycles. The zero-order chi connectivity index (χ0) is 23.1. The lowest BCUT2D eigenvalue weighted by Crippen LogP contribution is -2.50. The topological polar surface area (TPSA) is 86.0 Å². The molecule has 0 radical (unpaired) electrons. The van der Waals surface area contributed by atoms with Gasteiger partial charge in [-0.25, -0.2) is 4.98 Å². The highest BCUT2D eigenvalue weighted by molar-refractivity contribution is 14.0. The lowest BCUT2D eigenvalue weighted by atomic mass is 9.97. The lowest BCUT2D eigenvalue weighted by Gasteiger charge is -2.34. The van der Waals surface area contributed by atoms with E-state index in [1.807, 2.05) is 32.6 Å². The molecule has 188 valence electrons. The van der Waals surface area contributed by atoms with Crippen LogP contribution >= 0.6 is 24.0 Å². The average Bonchev–Trinajstić information content (AvgIpc) is 3.09. The molecule has 2 N–H and O–H groups in total. The van der Waals surface area contributed by atoms with Gasteiger partial charge < -0.3 is 20.0 Å². The Hall–Kier alpha value is -1.36. The number of rotatable bonds is 7. The van der Waals surface area contributed by atoms with Crippen LogP contribution in [-0.2, 0) is 11.3 Å². The van der Waals surface area contributed by atoms with E-state index < -0.39 is 0 Å². The molecule has 3 rings (SSSR count). The molecule has 2 aliphatic rings. The fraction of sp³-hybridized carbons (Fsp3) is 0.792. The minimum absolute atomic E-state index is 0. The van der Waals surface area contributed by atoms with Crippen molar-refractivity contribution in [2.24, 2.45) is 16.8 Å². The van der Waals surface area contributed by atoms with Crippen molar-refractivity contribution in [1.82, 2.24) is 25.4 Å². The Bertz CT molecular complexity index is 746. The van der Waals surface area contributed by atoms with E-state index in [2.05, 4.69) is 27.4 Å². The van der Waals surface area contributed by atoms with Crippen LogP contribution in [-0.4, -0.2) is 72.0 Å². The highest BCUT2D eigenvalue weighted by Crippen LogP contribution is 2.20. The Kier molecular flexibility index (Phi) is 11.4. The quantitative estimate of drug-likeness (QED) is 0.295. The Morgan fingerprint density at radius 1 is 1.15 bits per heavy atom. The Balaban J connectivity index is 0.00000385. The van der Waals surface area contributed by atoms with Gasteiger partial charge in [-0.15, -0.1) is 24.0 Å². The maximum Gasteiger partial charge on any atom is 0.225 e. The highest BCUT2D eigenvalue weighted by Gasteiger charge is 2.25. The predicted molar refractivity (Wildman–Crippen MR) is 143 cm³/mol. The van der Waals surface area contributed by atoms with Crippen molar-refractivity contribution >= 4 is 35.8 Å². The van der Waals surface area contributed by atoms with Crippen LogP contribution in [0.2, 0.25) is 0 Å². The van der Waals surface area contributed by atoms with Gasteiger partial charge >= 0.3 is 0 Å². The van der Waals surface area contributed by atoms with E-state index in [0.29, 0.717) is 12.0 Å². The summed E-state index contributed by atoms with van der Waals surface area (Å²) in [6.45, 7) is 16.3. The molecule has 0 bridgehead atoms. The van der Waals surface area contributed by atoms with Crippen LogP contribution in [0.5, 0.6) is 0 Å². The molecule has 2 fully saturated rings. The van der Waals surface area contributed by atoms with Gasteiger partial charge in [-0.2, -0.15) is 0 Å². The zero-order valence-electron chi connectivity index (χ0n) is 21.0. The first-order chi connectivity index (χ1) is 15.4. The minimum atomic E-state index is 0. The van der Waals surface area contributed by atoms with Gasteiger partial charge in [0.05, 0.1) is 12.2 Å². The van der Waals surface area contributed by atoms with Gasteiger partial charge in [-0.05, 0) is 65.5 Å². The van der Waals surface area contributed by atoms with Crippen LogP contribution in [0.15, 0.2) is 9.41 Å². The number of guanidine groups is 1. The fourth-order valence-corrected chi connectivity index (χ4v) is 4.47. The Morgan fingerprint density at radius 3 is 2.36 bits per heavy atom. The molecule has 1 aromatic heterocycles. The molecular formula is C24H43IN6O2. The molecule has 2 aliphatic heterocycles. The average molecular weight is 575 g/mol. The van der Waals surface area contributed by atoms with Gasteiger partial charge in [0.15, 0.2) is 5.96 Å². The summed E-state index contributed by atoms with van der Waals surface area (Å²) in [7, 11) is 0. The van der Waals surface area contributed by atoms with Crippen LogP contribution in [0.3, 0.4) is 0 Å². The van der Waals surface area contributed by atoms with Crippen LogP contribution in [0.25, 0.3) is 0 Å². The summed E-state index contributed by atoms with van der Waals surface area (Å²) in [6, 6.07) is 0.374. The third-order valence-corrected chi connectivity index (χ3v) is 6.63. The minimum Gasteiger partial charge on any atom is -0.444 e. The summed E-state index contributed by atoms with van der Waals surface area (Å²) in [6.07, 6.45) is 4.25. The van der Waals surface area contributed by atoms with Crippen LogP contribution in [0, 0.1) is 25.7 Å². The number of halogens is 1. The second kappa shape index (κ2) is 13.5. The second-order valence-corrected chi connectivity index (χ2v) is 9.59. The van der Waals surface area contributed by atoms with E-state index in [-0.39, 0.29) is 35.8 Å². The largest absolute Gasteiger partial charge is 0.444 e. The molecule has 1 aromatic rings. The van der Waals surface area contributed by atoms with Crippen molar-refractivity contribution in [3.63, 3.8) is 0 Å². The van der Waals surface area contributed by atoms with E-state index in [4.69, 9.17) is 9.41 Å². The maximum atomic E-state index is 12.2. The molecule has 33 heavy (non-hydrogen) atoms. The summed E-state index contributed by atoms with van der Waals surface area (Å²) >= 11 is 0. The molecule has 0 aromatic carbocycles. The molecule has 0 saturated carbocycles. The van der Waals surface area contributed by atoms with Crippen LogP contribution in [0.1, 0.15) is 63.8 Å². The van der Waals surface area contributed by atoms with Crippen molar-refractivity contribution in [2.75, 3.05) is 39.3 Å². The summed E-state index contributed by atoms with van der Waals surface area (Å²) in [4.78, 5) is 26.1. The third-order valence-electron chi connectivity index (χ3n) is 6.63. The summed E-state index contributed by atoms with van der Waals surface area (Å²) in [5, 5.41) is 7.00. The molecule has 0 aliphatic carbocycles. The first-order valence-corrected chi connectivity index (χ1v) is 12.3. The number of carbonyl (C=O) groups excluding carboxylic acids is 1. The predicted octanol–water partition coefficient (Wildman–Crippen LogP) is 3.32. The van der Waals surface area contributed by atoms with Gasteiger partial charge in [0, 0.05) is 38.1 Å². The summed E-state index contributed by atoms with van der Waals surface area (Å²) < 4.78 is 5.74. The maximum absolute atomic E-state index is 12.2. The number of hydrogen-bond acceptors (Lipinski definition) is 5. The molecule has 2 saturated heterocycles. The SMILES string of the molecule is CCNC(=NCC1CCN(Cc2nc(C)c(C)o2)CC1)NC1CCN(C(=O)C(C)C)CC1.I. The number of aryl methyl sites for hydroxylation is 2. The summed E-state index contributed by atoms with van der Waals surface area (Å²) in [5.74, 6) is 3.62. The van der Waals surface area contributed by atoms with Crippen LogP contribution in [0.4, 0.5) is 0 Å². The van der Waals surface area contributed by atoms with Crippen molar-refractivity contribution in [2.45, 2.75) is 72.9 Å². The number of piperidine rings is 2. The number of oxazole rings is 1. The lowest BCUT2D eigenvalue weighted by molar-refractivity contribution is -0.135. The number of likely N-dealkylation sites (tertiary alicyclic amines) is 2. The number of aromatic nitrogens is 1. The molecule has 9 heteroatoms. The van der Waals surface area contributed by atoms with Gasteiger partial charge in [-0.1, -0.05) is 13.8 Å². The van der Waals surface area contributed by atoms with Gasteiger partial charge in [-0.3, -0.25) is 14.7 Å².